The van der Waals surface area contributed by atoms with Crippen LogP contribution in [0.1, 0.15) is 16.1 Å². The van der Waals surface area contributed by atoms with Gasteiger partial charge < -0.3 is 13.9 Å². The minimum atomic E-state index is -0.440. The second-order valence-electron chi connectivity index (χ2n) is 5.48. The molecule has 1 amide bonds. The molecule has 2 aromatic carbocycles. The van der Waals surface area contributed by atoms with E-state index in [-0.39, 0.29) is 5.82 Å². The number of ether oxygens (including phenoxy) is 2. The Hall–Kier alpha value is -3.61. The molecule has 0 saturated heterocycles. The SMILES string of the molecule is COc1cc(OC)cc(C(=O)N/N=C\c2ccc(-c3ccccc3F)o2)c1. The Balaban J connectivity index is 1.69. The number of hydrogen-bond donors (Lipinski definition) is 1. The molecule has 3 aromatic rings. The molecule has 1 heterocycles. The van der Waals surface area contributed by atoms with Crippen molar-refractivity contribution in [3.63, 3.8) is 0 Å². The van der Waals surface area contributed by atoms with E-state index < -0.39 is 5.91 Å². The number of rotatable bonds is 6. The Morgan fingerprint density at radius 2 is 1.78 bits per heavy atom. The average Bonchev–Trinajstić information content (AvgIpc) is 3.16. The molecule has 0 atom stereocenters. The minimum Gasteiger partial charge on any atom is -0.497 e. The summed E-state index contributed by atoms with van der Waals surface area (Å²) < 4.78 is 29.6. The summed E-state index contributed by atoms with van der Waals surface area (Å²) >= 11 is 0. The summed E-state index contributed by atoms with van der Waals surface area (Å²) in [5.74, 6) is 0.906. The van der Waals surface area contributed by atoms with Crippen molar-refractivity contribution < 1.29 is 23.1 Å². The first-order chi connectivity index (χ1) is 13.1. The predicted octanol–water partition coefficient (Wildman–Crippen LogP) is 3.87. The van der Waals surface area contributed by atoms with Crippen LogP contribution in [0.15, 0.2) is 64.1 Å². The number of nitrogens with zero attached hydrogens (tertiary/aromatic N) is 1. The first-order valence-corrected chi connectivity index (χ1v) is 8.02. The zero-order valence-electron chi connectivity index (χ0n) is 14.7. The van der Waals surface area contributed by atoms with Crippen molar-refractivity contribution in [1.29, 1.82) is 0 Å². The van der Waals surface area contributed by atoms with Gasteiger partial charge in [-0.2, -0.15) is 5.10 Å². The maximum absolute atomic E-state index is 13.8. The summed E-state index contributed by atoms with van der Waals surface area (Å²) in [6.07, 6.45) is 1.33. The van der Waals surface area contributed by atoms with Gasteiger partial charge in [0.25, 0.3) is 5.91 Å². The lowest BCUT2D eigenvalue weighted by atomic mass is 10.1. The van der Waals surface area contributed by atoms with Gasteiger partial charge in [0.1, 0.15) is 28.8 Å². The van der Waals surface area contributed by atoms with Crippen LogP contribution in [-0.2, 0) is 0 Å². The molecule has 7 heteroatoms. The van der Waals surface area contributed by atoms with Crippen molar-refractivity contribution in [2.24, 2.45) is 5.10 Å². The van der Waals surface area contributed by atoms with Crippen LogP contribution in [0.2, 0.25) is 0 Å². The smallest absolute Gasteiger partial charge is 0.271 e. The van der Waals surface area contributed by atoms with E-state index in [2.05, 4.69) is 10.5 Å². The van der Waals surface area contributed by atoms with E-state index in [9.17, 15) is 9.18 Å². The summed E-state index contributed by atoms with van der Waals surface area (Å²) in [5.41, 5.74) is 3.08. The van der Waals surface area contributed by atoms with Crippen molar-refractivity contribution in [3.05, 3.63) is 71.7 Å². The molecule has 0 radical (unpaired) electrons. The molecular formula is C20H17FN2O4. The van der Waals surface area contributed by atoms with Crippen LogP contribution >= 0.6 is 0 Å². The quantitative estimate of drug-likeness (QED) is 0.530. The number of carbonyl (C=O) groups excluding carboxylic acids is 1. The Bertz CT molecular complexity index is 959. The fourth-order valence-corrected chi connectivity index (χ4v) is 2.39. The highest BCUT2D eigenvalue weighted by Crippen LogP contribution is 2.24. The van der Waals surface area contributed by atoms with E-state index in [0.717, 1.165) is 0 Å². The zero-order chi connectivity index (χ0) is 19.2. The van der Waals surface area contributed by atoms with Crippen LogP contribution in [0.3, 0.4) is 0 Å². The lowest BCUT2D eigenvalue weighted by Crippen LogP contribution is -2.17. The molecular weight excluding hydrogens is 351 g/mol. The summed E-state index contributed by atoms with van der Waals surface area (Å²) in [4.78, 5) is 12.2. The molecule has 27 heavy (non-hydrogen) atoms. The van der Waals surface area contributed by atoms with Gasteiger partial charge in [0, 0.05) is 11.6 Å². The second-order valence-corrected chi connectivity index (χ2v) is 5.48. The van der Waals surface area contributed by atoms with Gasteiger partial charge in [-0.3, -0.25) is 4.79 Å². The lowest BCUT2D eigenvalue weighted by molar-refractivity contribution is 0.0954. The summed E-state index contributed by atoms with van der Waals surface area (Å²) in [6, 6.07) is 14.4. The molecule has 6 nitrogen and oxygen atoms in total. The van der Waals surface area contributed by atoms with E-state index in [1.807, 2.05) is 0 Å². The average molecular weight is 368 g/mol. The monoisotopic (exact) mass is 368 g/mol. The van der Waals surface area contributed by atoms with Gasteiger partial charge in [0.05, 0.1) is 26.0 Å². The highest BCUT2D eigenvalue weighted by atomic mass is 19.1. The summed E-state index contributed by atoms with van der Waals surface area (Å²) in [6.45, 7) is 0. The summed E-state index contributed by atoms with van der Waals surface area (Å²) in [7, 11) is 3.00. The van der Waals surface area contributed by atoms with E-state index in [0.29, 0.717) is 34.1 Å². The third kappa shape index (κ3) is 4.33. The molecule has 1 aromatic heterocycles. The van der Waals surface area contributed by atoms with Gasteiger partial charge in [-0.05, 0) is 36.4 Å². The normalized spacial score (nSPS) is 10.8. The van der Waals surface area contributed by atoms with Crippen molar-refractivity contribution >= 4 is 12.1 Å². The maximum Gasteiger partial charge on any atom is 0.271 e. The topological polar surface area (TPSA) is 73.1 Å². The molecule has 138 valence electrons. The third-order valence-corrected chi connectivity index (χ3v) is 3.74. The van der Waals surface area contributed by atoms with Crippen LogP contribution in [0.25, 0.3) is 11.3 Å². The minimum absolute atomic E-state index is 0.329. The van der Waals surface area contributed by atoms with E-state index in [1.165, 1.54) is 26.5 Å². The number of amides is 1. The first-order valence-electron chi connectivity index (χ1n) is 8.02. The van der Waals surface area contributed by atoms with Crippen molar-refractivity contribution in [3.8, 4) is 22.8 Å². The first kappa shape index (κ1) is 18.2. The van der Waals surface area contributed by atoms with Gasteiger partial charge >= 0.3 is 0 Å². The van der Waals surface area contributed by atoms with Crippen LogP contribution in [0.4, 0.5) is 4.39 Å². The fraction of sp³-hybridized carbons (Fsp3) is 0.100. The number of nitrogens with one attached hydrogen (secondary N) is 1. The zero-order valence-corrected chi connectivity index (χ0v) is 14.7. The molecule has 0 bridgehead atoms. The van der Waals surface area contributed by atoms with Gasteiger partial charge in [0.2, 0.25) is 0 Å². The van der Waals surface area contributed by atoms with Gasteiger partial charge in [-0.25, -0.2) is 9.82 Å². The number of hydrazone groups is 1. The van der Waals surface area contributed by atoms with Crippen LogP contribution in [-0.4, -0.2) is 26.3 Å². The largest absolute Gasteiger partial charge is 0.497 e. The molecule has 0 aliphatic rings. The van der Waals surface area contributed by atoms with Crippen LogP contribution in [0, 0.1) is 5.82 Å². The van der Waals surface area contributed by atoms with Crippen molar-refractivity contribution in [2.45, 2.75) is 0 Å². The molecule has 0 saturated carbocycles. The number of methoxy groups -OCH3 is 2. The van der Waals surface area contributed by atoms with Crippen LogP contribution in [0.5, 0.6) is 11.5 Å². The maximum atomic E-state index is 13.8. The highest BCUT2D eigenvalue weighted by molar-refractivity contribution is 5.95. The Morgan fingerprint density at radius 1 is 1.07 bits per heavy atom. The second kappa shape index (κ2) is 8.18. The molecule has 0 aliphatic carbocycles. The van der Waals surface area contributed by atoms with Gasteiger partial charge in [0.15, 0.2) is 0 Å². The molecule has 0 fully saturated rings. The van der Waals surface area contributed by atoms with Gasteiger partial charge in [-0.1, -0.05) is 12.1 Å². The number of furan rings is 1. The molecule has 0 spiro atoms. The third-order valence-electron chi connectivity index (χ3n) is 3.74. The molecule has 0 unspecified atom stereocenters. The van der Waals surface area contributed by atoms with Crippen LogP contribution < -0.4 is 14.9 Å². The lowest BCUT2D eigenvalue weighted by Gasteiger charge is -2.07. The van der Waals surface area contributed by atoms with Crippen molar-refractivity contribution in [1.82, 2.24) is 5.43 Å². The molecule has 3 rings (SSSR count). The fourth-order valence-electron chi connectivity index (χ4n) is 2.39. The standard InChI is InChI=1S/C20H17FN2O4/c1-25-15-9-13(10-16(11-15)26-2)20(24)23-22-12-14-7-8-19(27-14)17-5-3-4-6-18(17)21/h3-12H,1-2H3,(H,23,24)/b22-12-. The van der Waals surface area contributed by atoms with Crippen molar-refractivity contribution in [2.75, 3.05) is 14.2 Å². The number of benzene rings is 2. The van der Waals surface area contributed by atoms with E-state index >= 15 is 0 Å². The Kier molecular flexibility index (Phi) is 5.51. The number of halogens is 1. The molecule has 1 N–H and O–H groups in total. The van der Waals surface area contributed by atoms with Gasteiger partial charge in [-0.15, -0.1) is 0 Å². The summed E-state index contributed by atoms with van der Waals surface area (Å²) in [5, 5.41) is 3.86. The Morgan fingerprint density at radius 3 is 2.44 bits per heavy atom. The molecule has 0 aliphatic heterocycles. The number of carbonyl (C=O) groups is 1. The van der Waals surface area contributed by atoms with E-state index in [4.69, 9.17) is 13.9 Å². The predicted molar refractivity (Wildman–Crippen MR) is 98.7 cm³/mol. The number of hydrogen-bond acceptors (Lipinski definition) is 5. The Labute approximate surface area is 155 Å². The highest BCUT2D eigenvalue weighted by Gasteiger charge is 2.10. The van der Waals surface area contributed by atoms with E-state index in [1.54, 1.807) is 48.5 Å².